The van der Waals surface area contributed by atoms with Crippen molar-refractivity contribution in [1.82, 2.24) is 9.55 Å². The topological polar surface area (TPSA) is 44.1 Å². The zero-order valence-electron chi connectivity index (χ0n) is 22.9. The Bertz CT molecular complexity index is 1600. The van der Waals surface area contributed by atoms with Crippen LogP contribution in [-0.2, 0) is 15.1 Å². The van der Waals surface area contributed by atoms with Gasteiger partial charge in [0.05, 0.1) is 12.0 Å². The highest BCUT2D eigenvalue weighted by Crippen LogP contribution is 2.49. The molecule has 0 radical (unpaired) electrons. The second-order valence-electron chi connectivity index (χ2n) is 11.1. The highest BCUT2D eigenvalue weighted by atomic mass is 16.5. The lowest BCUT2D eigenvalue weighted by Gasteiger charge is -2.44. The van der Waals surface area contributed by atoms with Crippen LogP contribution in [0.3, 0.4) is 0 Å². The van der Waals surface area contributed by atoms with Crippen molar-refractivity contribution in [3.05, 3.63) is 156 Å². The summed E-state index contributed by atoms with van der Waals surface area (Å²) in [6, 6.07) is 40.1. The lowest BCUT2D eigenvalue weighted by Crippen LogP contribution is -2.46. The molecule has 1 aliphatic carbocycles. The van der Waals surface area contributed by atoms with Gasteiger partial charge in [-0.2, -0.15) is 0 Å². The van der Waals surface area contributed by atoms with Gasteiger partial charge in [0.1, 0.15) is 5.54 Å². The second-order valence-corrected chi connectivity index (χ2v) is 11.1. The predicted octanol–water partition coefficient (Wildman–Crippen LogP) is 7.54. The quantitative estimate of drug-likeness (QED) is 0.166. The van der Waals surface area contributed by atoms with Crippen molar-refractivity contribution in [2.24, 2.45) is 5.41 Å². The van der Waals surface area contributed by atoms with E-state index in [1.807, 2.05) is 18.5 Å². The number of imidazole rings is 1. The highest BCUT2D eigenvalue weighted by Gasteiger charge is 2.50. The molecule has 0 bridgehead atoms. The van der Waals surface area contributed by atoms with Gasteiger partial charge in [0, 0.05) is 30.4 Å². The van der Waals surface area contributed by atoms with Crippen LogP contribution in [-0.4, -0.2) is 28.5 Å². The molecule has 1 saturated heterocycles. The summed E-state index contributed by atoms with van der Waals surface area (Å²) in [4.78, 5) is 18.2. The molecular weight excluding hydrogens is 504 g/mol. The molecule has 1 aliphatic heterocycles. The van der Waals surface area contributed by atoms with Crippen LogP contribution in [0.2, 0.25) is 0 Å². The molecule has 0 unspecified atom stereocenters. The molecule has 0 N–H and O–H groups in total. The molecule has 4 nitrogen and oxygen atoms in total. The molecule has 4 heteroatoms. The van der Waals surface area contributed by atoms with Gasteiger partial charge >= 0.3 is 0 Å². The number of hydrogen-bond donors (Lipinski definition) is 0. The zero-order chi connectivity index (χ0) is 27.7. The van der Waals surface area contributed by atoms with E-state index in [0.717, 1.165) is 58.3 Å². The molecule has 5 aromatic rings. The van der Waals surface area contributed by atoms with E-state index < -0.39 is 5.54 Å². The number of hydrogen-bond acceptors (Lipinski definition) is 3. The van der Waals surface area contributed by atoms with Gasteiger partial charge in [-0.25, -0.2) is 4.98 Å². The van der Waals surface area contributed by atoms with E-state index in [4.69, 9.17) is 9.72 Å². The number of carbonyl (C=O) groups excluding carboxylic acids is 1. The van der Waals surface area contributed by atoms with Crippen molar-refractivity contribution in [1.29, 1.82) is 0 Å². The molecule has 0 amide bonds. The maximum Gasteiger partial charge on any atom is 0.165 e. The molecule has 1 saturated carbocycles. The van der Waals surface area contributed by atoms with Gasteiger partial charge in [-0.05, 0) is 53.2 Å². The fourth-order valence-corrected chi connectivity index (χ4v) is 6.72. The first kappa shape index (κ1) is 25.4. The lowest BCUT2D eigenvalue weighted by atomic mass is 9.60. The maximum absolute atomic E-state index is 13.3. The van der Waals surface area contributed by atoms with Gasteiger partial charge in [-0.1, -0.05) is 115 Å². The Morgan fingerprint density at radius 3 is 1.83 bits per heavy atom. The molecule has 202 valence electrons. The molecule has 41 heavy (non-hydrogen) atoms. The molecule has 1 spiro atoms. The Kier molecular flexibility index (Phi) is 6.49. The van der Waals surface area contributed by atoms with Crippen LogP contribution >= 0.6 is 0 Å². The summed E-state index contributed by atoms with van der Waals surface area (Å²) in [5.74, 6) is 0.289. The van der Waals surface area contributed by atoms with Crippen molar-refractivity contribution < 1.29 is 9.53 Å². The van der Waals surface area contributed by atoms with Gasteiger partial charge in [-0.3, -0.25) is 4.79 Å². The minimum atomic E-state index is -0.623. The Morgan fingerprint density at radius 2 is 1.27 bits per heavy atom. The van der Waals surface area contributed by atoms with Crippen molar-refractivity contribution in [3.63, 3.8) is 0 Å². The number of allylic oxidation sites excluding steroid dienone is 1. The third-order valence-corrected chi connectivity index (χ3v) is 8.86. The third-order valence-electron chi connectivity index (χ3n) is 8.86. The molecule has 4 aromatic carbocycles. The van der Waals surface area contributed by atoms with E-state index in [-0.39, 0.29) is 11.2 Å². The van der Waals surface area contributed by atoms with Gasteiger partial charge in [0.25, 0.3) is 0 Å². The first-order valence-corrected chi connectivity index (χ1v) is 14.3. The van der Waals surface area contributed by atoms with Crippen LogP contribution in [0, 0.1) is 5.41 Å². The van der Waals surface area contributed by atoms with Gasteiger partial charge in [0.2, 0.25) is 0 Å². The van der Waals surface area contributed by atoms with Crippen LogP contribution in [0.25, 0.3) is 17.3 Å². The van der Waals surface area contributed by atoms with Crippen molar-refractivity contribution >= 4 is 11.9 Å². The van der Waals surface area contributed by atoms with Crippen LogP contribution in [0.1, 0.15) is 41.5 Å². The first-order valence-electron chi connectivity index (χ1n) is 14.3. The molecule has 2 heterocycles. The van der Waals surface area contributed by atoms with Gasteiger partial charge < -0.3 is 9.30 Å². The number of benzene rings is 4. The highest BCUT2D eigenvalue weighted by molar-refractivity contribution is 6.10. The van der Waals surface area contributed by atoms with Crippen LogP contribution in [0.15, 0.2) is 133 Å². The fraction of sp³-hybridized carbons (Fsp3) is 0.189. The summed E-state index contributed by atoms with van der Waals surface area (Å²) in [5, 5.41) is 0. The van der Waals surface area contributed by atoms with E-state index in [1.165, 1.54) is 0 Å². The number of aromatic nitrogens is 2. The minimum Gasteiger partial charge on any atom is -0.381 e. The maximum atomic E-state index is 13.3. The fourth-order valence-electron chi connectivity index (χ4n) is 6.72. The molecule has 1 aromatic heterocycles. The van der Waals surface area contributed by atoms with Gasteiger partial charge in [-0.15, -0.1) is 0 Å². The smallest absolute Gasteiger partial charge is 0.165 e. The SMILES string of the molecule is O=C1C(=Cc2ccccc2-c2cn(C(c3ccccc3)(c3ccccc3)c3ccccc3)cn2)CC12CCOCC2. The first-order chi connectivity index (χ1) is 20.2. The average molecular weight is 537 g/mol. The third kappa shape index (κ3) is 4.27. The Hall–Kier alpha value is -4.54. The largest absolute Gasteiger partial charge is 0.381 e. The molecule has 7 rings (SSSR count). The number of ketones is 1. The lowest BCUT2D eigenvalue weighted by molar-refractivity contribution is -0.137. The standard InChI is InChI=1S/C37H32N2O2/c40-35-29(25-36(35)20-22-41-23-21-36)24-28-12-10-11-19-33(28)34-26-39(27-38-34)37(30-13-4-1-5-14-30,31-15-6-2-7-16-31)32-17-8-3-9-18-32/h1-19,24,26-27H,20-23,25H2. The summed E-state index contributed by atoms with van der Waals surface area (Å²) in [7, 11) is 0. The number of Topliss-reactive ketones (excluding diaryl/α,β-unsaturated/α-hetero) is 1. The van der Waals surface area contributed by atoms with Crippen LogP contribution in [0.5, 0.6) is 0 Å². The molecule has 2 aliphatic rings. The Labute approximate surface area is 241 Å². The van der Waals surface area contributed by atoms with Crippen LogP contribution < -0.4 is 0 Å². The molecule has 0 atom stereocenters. The van der Waals surface area contributed by atoms with Gasteiger partial charge in [0.15, 0.2) is 5.78 Å². The molecular formula is C37H32N2O2. The minimum absolute atomic E-state index is 0.207. The number of ether oxygens (including phenoxy) is 1. The van der Waals surface area contributed by atoms with E-state index in [1.54, 1.807) is 0 Å². The monoisotopic (exact) mass is 536 g/mol. The summed E-state index contributed by atoms with van der Waals surface area (Å²) in [5.41, 5.74) is 6.44. The normalized spacial score (nSPS) is 17.5. The van der Waals surface area contributed by atoms with E-state index >= 15 is 0 Å². The number of rotatable bonds is 6. The van der Waals surface area contributed by atoms with E-state index in [9.17, 15) is 4.79 Å². The van der Waals surface area contributed by atoms with Crippen molar-refractivity contribution in [2.45, 2.75) is 24.8 Å². The Morgan fingerprint density at radius 1 is 0.732 bits per heavy atom. The van der Waals surface area contributed by atoms with E-state index in [2.05, 4.69) is 120 Å². The number of nitrogens with zero attached hydrogens (tertiary/aromatic N) is 2. The number of carbonyl (C=O) groups is 1. The summed E-state index contributed by atoms with van der Waals surface area (Å²) < 4.78 is 7.76. The summed E-state index contributed by atoms with van der Waals surface area (Å²) in [6.45, 7) is 1.36. The zero-order valence-corrected chi connectivity index (χ0v) is 22.9. The van der Waals surface area contributed by atoms with Crippen molar-refractivity contribution in [2.75, 3.05) is 13.2 Å². The second kappa shape index (κ2) is 10.5. The average Bonchev–Trinajstić information content (AvgIpc) is 3.54. The summed E-state index contributed by atoms with van der Waals surface area (Å²) in [6.07, 6.45) is 8.66. The predicted molar refractivity (Wildman–Crippen MR) is 162 cm³/mol. The molecule has 2 fully saturated rings. The Balaban J connectivity index is 1.35. The van der Waals surface area contributed by atoms with Crippen molar-refractivity contribution in [3.8, 4) is 11.3 Å². The van der Waals surface area contributed by atoms with E-state index in [0.29, 0.717) is 13.2 Å². The van der Waals surface area contributed by atoms with Crippen LogP contribution in [0.4, 0.5) is 0 Å². The summed E-state index contributed by atoms with van der Waals surface area (Å²) >= 11 is 0.